The fraction of sp³-hybridized carbons (Fsp3) is 0.875. The van der Waals surface area contributed by atoms with Gasteiger partial charge in [-0.05, 0) is 31.1 Å². The average Bonchev–Trinajstić information content (AvgIpc) is 2.67. The van der Waals surface area contributed by atoms with Gasteiger partial charge in [0, 0.05) is 6.54 Å². The van der Waals surface area contributed by atoms with Crippen LogP contribution < -0.4 is 0 Å². The fourth-order valence-corrected chi connectivity index (χ4v) is 2.39. The van der Waals surface area contributed by atoms with Crippen molar-refractivity contribution in [2.75, 3.05) is 0 Å². The lowest BCUT2D eigenvalue weighted by molar-refractivity contribution is 0.495. The van der Waals surface area contributed by atoms with Crippen LogP contribution in [0.15, 0.2) is 0 Å². The second-order valence-corrected chi connectivity index (χ2v) is 6.46. The minimum absolute atomic E-state index is 0.649. The molecule has 0 amide bonds. The molecule has 0 saturated carbocycles. The molecule has 0 atom stereocenters. The Bertz CT molecular complexity index is 353. The lowest BCUT2D eigenvalue weighted by Crippen LogP contribution is -2.10. The zero-order valence-electron chi connectivity index (χ0n) is 13.4. The van der Waals surface area contributed by atoms with E-state index in [1.807, 2.05) is 0 Å². The van der Waals surface area contributed by atoms with Crippen LogP contribution in [0.2, 0.25) is 0 Å². The molecule has 3 heteroatoms. The zero-order valence-corrected chi connectivity index (χ0v) is 13.4. The molecule has 1 aromatic rings. The van der Waals surface area contributed by atoms with E-state index >= 15 is 0 Å². The highest BCUT2D eigenvalue weighted by atomic mass is 15.4. The van der Waals surface area contributed by atoms with Crippen molar-refractivity contribution in [2.24, 2.45) is 11.8 Å². The summed E-state index contributed by atoms with van der Waals surface area (Å²) in [7, 11) is 0. The molecule has 0 aromatic carbocycles. The Morgan fingerprint density at radius 2 is 1.63 bits per heavy atom. The number of rotatable bonds is 9. The second kappa shape index (κ2) is 8.34. The van der Waals surface area contributed by atoms with Crippen LogP contribution in [-0.4, -0.2) is 15.0 Å². The average molecular weight is 265 g/mol. The number of hydrogen-bond donors (Lipinski definition) is 0. The molecule has 0 aliphatic rings. The van der Waals surface area contributed by atoms with E-state index in [1.165, 1.54) is 37.1 Å². The first-order valence-corrected chi connectivity index (χ1v) is 7.95. The van der Waals surface area contributed by atoms with Crippen molar-refractivity contribution in [3.8, 4) is 0 Å². The van der Waals surface area contributed by atoms with E-state index in [1.54, 1.807) is 0 Å². The molecule has 110 valence electrons. The van der Waals surface area contributed by atoms with Crippen LogP contribution in [0.3, 0.4) is 0 Å². The highest BCUT2D eigenvalue weighted by molar-refractivity contribution is 5.11. The van der Waals surface area contributed by atoms with Gasteiger partial charge in [0.05, 0.1) is 11.4 Å². The maximum atomic E-state index is 4.42. The number of nitrogens with zero attached hydrogens (tertiary/aromatic N) is 3. The van der Waals surface area contributed by atoms with Crippen molar-refractivity contribution >= 4 is 0 Å². The molecule has 0 bridgehead atoms. The summed E-state index contributed by atoms with van der Waals surface area (Å²) in [6, 6.07) is 0. The van der Waals surface area contributed by atoms with Gasteiger partial charge in [-0.1, -0.05) is 59.1 Å². The lowest BCUT2D eigenvalue weighted by Gasteiger charge is -2.11. The number of unbranched alkanes of at least 4 members (excludes halogenated alkanes) is 3. The maximum Gasteiger partial charge on any atom is 0.0861 e. The van der Waals surface area contributed by atoms with E-state index in [0.29, 0.717) is 11.8 Å². The van der Waals surface area contributed by atoms with Crippen molar-refractivity contribution in [1.82, 2.24) is 15.0 Å². The van der Waals surface area contributed by atoms with Crippen LogP contribution in [0.1, 0.15) is 71.7 Å². The molecule has 3 nitrogen and oxygen atoms in total. The minimum atomic E-state index is 0.649. The smallest absolute Gasteiger partial charge is 0.0861 e. The van der Waals surface area contributed by atoms with Crippen molar-refractivity contribution < 1.29 is 0 Å². The molecule has 0 unspecified atom stereocenters. The molecule has 1 rings (SSSR count). The Kier molecular flexibility index (Phi) is 7.11. The molecule has 0 radical (unpaired) electrons. The van der Waals surface area contributed by atoms with Gasteiger partial charge in [-0.15, -0.1) is 5.10 Å². The van der Waals surface area contributed by atoms with Gasteiger partial charge >= 0.3 is 0 Å². The van der Waals surface area contributed by atoms with Crippen LogP contribution in [-0.2, 0) is 19.4 Å². The molecule has 1 heterocycles. The molecule has 0 saturated heterocycles. The molecule has 0 aliphatic heterocycles. The predicted molar refractivity (Wildman–Crippen MR) is 81.2 cm³/mol. The van der Waals surface area contributed by atoms with E-state index in [2.05, 4.69) is 49.6 Å². The quantitative estimate of drug-likeness (QED) is 0.625. The van der Waals surface area contributed by atoms with Gasteiger partial charge in [-0.3, -0.25) is 0 Å². The van der Waals surface area contributed by atoms with Crippen LogP contribution in [0.4, 0.5) is 0 Å². The predicted octanol–water partition coefficient (Wildman–Crippen LogP) is 4.26. The van der Waals surface area contributed by atoms with Crippen molar-refractivity contribution in [1.29, 1.82) is 0 Å². The monoisotopic (exact) mass is 265 g/mol. The summed E-state index contributed by atoms with van der Waals surface area (Å²) in [6.45, 7) is 12.3. The SMILES string of the molecule is CCCCCCn1nnc(CC(C)C)c1CC(C)C. The summed E-state index contributed by atoms with van der Waals surface area (Å²) in [5.74, 6) is 1.31. The second-order valence-electron chi connectivity index (χ2n) is 6.46. The summed E-state index contributed by atoms with van der Waals surface area (Å²) < 4.78 is 2.16. The molecule has 0 N–H and O–H groups in total. The highest BCUT2D eigenvalue weighted by Gasteiger charge is 2.15. The summed E-state index contributed by atoms with van der Waals surface area (Å²) >= 11 is 0. The Hall–Kier alpha value is -0.860. The third-order valence-corrected chi connectivity index (χ3v) is 3.34. The molecule has 0 aliphatic carbocycles. The summed E-state index contributed by atoms with van der Waals surface area (Å²) in [5.41, 5.74) is 2.60. The third-order valence-electron chi connectivity index (χ3n) is 3.34. The van der Waals surface area contributed by atoms with E-state index < -0.39 is 0 Å². The number of hydrogen-bond acceptors (Lipinski definition) is 2. The molecule has 19 heavy (non-hydrogen) atoms. The Labute approximate surface area is 118 Å². The van der Waals surface area contributed by atoms with E-state index in [9.17, 15) is 0 Å². The van der Waals surface area contributed by atoms with Crippen molar-refractivity contribution in [2.45, 2.75) is 79.7 Å². The Balaban J connectivity index is 2.70. The third kappa shape index (κ3) is 5.75. The van der Waals surface area contributed by atoms with Gasteiger partial charge in [0.15, 0.2) is 0 Å². The van der Waals surface area contributed by atoms with Crippen LogP contribution in [0, 0.1) is 11.8 Å². The van der Waals surface area contributed by atoms with Crippen LogP contribution in [0.25, 0.3) is 0 Å². The normalized spacial score (nSPS) is 11.7. The lowest BCUT2D eigenvalue weighted by atomic mass is 10.0. The van der Waals surface area contributed by atoms with Gasteiger partial charge in [-0.2, -0.15) is 0 Å². The molecular weight excluding hydrogens is 234 g/mol. The standard InChI is InChI=1S/C16H31N3/c1-6-7-8-9-10-19-16(12-14(4)5)15(17-18-19)11-13(2)3/h13-14H,6-12H2,1-5H3. The van der Waals surface area contributed by atoms with E-state index in [4.69, 9.17) is 0 Å². The summed E-state index contributed by atoms with van der Waals surface area (Å²) in [4.78, 5) is 0. The first-order chi connectivity index (χ1) is 9.04. The van der Waals surface area contributed by atoms with Crippen LogP contribution >= 0.6 is 0 Å². The molecule has 1 aromatic heterocycles. The molecular formula is C16H31N3. The minimum Gasteiger partial charge on any atom is -0.249 e. The zero-order chi connectivity index (χ0) is 14.3. The van der Waals surface area contributed by atoms with Crippen molar-refractivity contribution in [3.05, 3.63) is 11.4 Å². The largest absolute Gasteiger partial charge is 0.249 e. The Morgan fingerprint density at radius 1 is 0.947 bits per heavy atom. The van der Waals surface area contributed by atoms with E-state index in [-0.39, 0.29) is 0 Å². The first kappa shape index (κ1) is 16.2. The highest BCUT2D eigenvalue weighted by Crippen LogP contribution is 2.16. The van der Waals surface area contributed by atoms with Crippen LogP contribution in [0.5, 0.6) is 0 Å². The van der Waals surface area contributed by atoms with E-state index in [0.717, 1.165) is 19.4 Å². The number of aromatic nitrogens is 3. The van der Waals surface area contributed by atoms with Gasteiger partial charge in [0.2, 0.25) is 0 Å². The topological polar surface area (TPSA) is 30.7 Å². The maximum absolute atomic E-state index is 4.42. The van der Waals surface area contributed by atoms with Gasteiger partial charge < -0.3 is 0 Å². The molecule has 0 spiro atoms. The fourth-order valence-electron chi connectivity index (χ4n) is 2.39. The summed E-state index contributed by atoms with van der Waals surface area (Å²) in [6.07, 6.45) is 7.29. The summed E-state index contributed by atoms with van der Waals surface area (Å²) in [5, 5.41) is 8.81. The van der Waals surface area contributed by atoms with Gasteiger partial charge in [0.25, 0.3) is 0 Å². The van der Waals surface area contributed by atoms with Gasteiger partial charge in [-0.25, -0.2) is 4.68 Å². The number of aryl methyl sites for hydroxylation is 1. The molecule has 0 fully saturated rings. The Morgan fingerprint density at radius 3 is 2.21 bits per heavy atom. The van der Waals surface area contributed by atoms with Crippen molar-refractivity contribution in [3.63, 3.8) is 0 Å². The first-order valence-electron chi connectivity index (χ1n) is 7.95. The van der Waals surface area contributed by atoms with Gasteiger partial charge in [0.1, 0.15) is 0 Å².